The van der Waals surface area contributed by atoms with Gasteiger partial charge in [-0.3, -0.25) is 0 Å². The minimum atomic E-state index is -0.811. The average Bonchev–Trinajstić information content (AvgIpc) is 2.93. The first kappa shape index (κ1) is 9.32. The van der Waals surface area contributed by atoms with Crippen LogP contribution in [0.25, 0.3) is 0 Å². The summed E-state index contributed by atoms with van der Waals surface area (Å²) in [4.78, 5) is 28.3. The van der Waals surface area contributed by atoms with Crippen molar-refractivity contribution in [3.63, 3.8) is 0 Å². The molecule has 14 heavy (non-hydrogen) atoms. The highest BCUT2D eigenvalue weighted by Gasteiger charge is 2.61. The Labute approximate surface area is 82.1 Å². The highest BCUT2D eigenvalue weighted by molar-refractivity contribution is 5.41. The van der Waals surface area contributed by atoms with Gasteiger partial charge in [-0.2, -0.15) is 9.98 Å². The third-order valence-corrected chi connectivity index (χ3v) is 3.59. The summed E-state index contributed by atoms with van der Waals surface area (Å²) in [5.41, 5.74) is -0.825. The molecule has 0 amide bonds. The zero-order valence-corrected chi connectivity index (χ0v) is 7.95. The Hall–Kier alpha value is -1.24. The molecule has 0 N–H and O–H groups in total. The molecule has 0 atom stereocenters. The standard InChI is InChI=1S/C10H12N2O2/c13-7-11-10(12-8-14)4-2-1-3-9(10)5-6-9/h1-6H2. The predicted octanol–water partition coefficient (Wildman–Crippen LogP) is 1.71. The molecule has 1 spiro atoms. The lowest BCUT2D eigenvalue weighted by Gasteiger charge is -2.35. The van der Waals surface area contributed by atoms with Gasteiger partial charge < -0.3 is 0 Å². The number of isocyanates is 2. The molecule has 2 aliphatic carbocycles. The van der Waals surface area contributed by atoms with Crippen LogP contribution in [0.2, 0.25) is 0 Å². The molecule has 0 bridgehead atoms. The molecule has 0 heterocycles. The highest BCUT2D eigenvalue weighted by atomic mass is 16.1. The van der Waals surface area contributed by atoms with Gasteiger partial charge in [0, 0.05) is 5.41 Å². The van der Waals surface area contributed by atoms with E-state index in [-0.39, 0.29) is 5.41 Å². The van der Waals surface area contributed by atoms with E-state index in [9.17, 15) is 9.59 Å². The lowest BCUT2D eigenvalue weighted by molar-refractivity contribution is 0.177. The first-order valence-corrected chi connectivity index (χ1v) is 4.97. The summed E-state index contributed by atoms with van der Waals surface area (Å²) in [5.74, 6) is 0. The van der Waals surface area contributed by atoms with Crippen LogP contribution in [0.3, 0.4) is 0 Å². The van der Waals surface area contributed by atoms with Crippen molar-refractivity contribution in [2.45, 2.75) is 44.2 Å². The van der Waals surface area contributed by atoms with Gasteiger partial charge in [0.2, 0.25) is 12.2 Å². The van der Waals surface area contributed by atoms with Crippen LogP contribution in [-0.2, 0) is 9.59 Å². The normalized spacial score (nSPS) is 32.9. The number of carbonyl (C=O) groups excluding carboxylic acids is 2. The molecule has 0 saturated heterocycles. The van der Waals surface area contributed by atoms with E-state index >= 15 is 0 Å². The van der Waals surface area contributed by atoms with E-state index in [1.807, 2.05) is 0 Å². The fourth-order valence-corrected chi connectivity index (χ4v) is 2.63. The molecule has 2 aliphatic rings. The zero-order valence-electron chi connectivity index (χ0n) is 7.95. The molecule has 74 valence electrons. The second kappa shape index (κ2) is 3.16. The van der Waals surface area contributed by atoms with Crippen LogP contribution in [0.4, 0.5) is 0 Å². The molecule has 0 radical (unpaired) electrons. The summed E-state index contributed by atoms with van der Waals surface area (Å²) in [5, 5.41) is 0. The summed E-state index contributed by atoms with van der Waals surface area (Å²) in [6.07, 6.45) is 8.98. The van der Waals surface area contributed by atoms with E-state index < -0.39 is 5.66 Å². The van der Waals surface area contributed by atoms with Gasteiger partial charge in [-0.05, 0) is 32.1 Å². The smallest absolute Gasteiger partial charge is 0.211 e. The van der Waals surface area contributed by atoms with Crippen molar-refractivity contribution in [2.75, 3.05) is 0 Å². The lowest BCUT2D eigenvalue weighted by Crippen LogP contribution is -2.38. The fourth-order valence-electron chi connectivity index (χ4n) is 2.63. The van der Waals surface area contributed by atoms with Crippen LogP contribution in [0.1, 0.15) is 38.5 Å². The van der Waals surface area contributed by atoms with Gasteiger partial charge in [-0.15, -0.1) is 0 Å². The Bertz CT molecular complexity index is 316. The zero-order chi connectivity index (χ0) is 10.1. The summed E-state index contributed by atoms with van der Waals surface area (Å²) in [6.45, 7) is 0. The van der Waals surface area contributed by atoms with Gasteiger partial charge in [0.1, 0.15) is 0 Å². The predicted molar refractivity (Wildman–Crippen MR) is 49.1 cm³/mol. The number of nitrogens with zero attached hydrogens (tertiary/aromatic N) is 2. The molecular weight excluding hydrogens is 180 g/mol. The molecule has 0 aliphatic heterocycles. The Morgan fingerprint density at radius 3 is 1.93 bits per heavy atom. The van der Waals surface area contributed by atoms with Gasteiger partial charge in [0.05, 0.1) is 0 Å². The number of rotatable bonds is 2. The van der Waals surface area contributed by atoms with Gasteiger partial charge in [-0.1, -0.05) is 6.42 Å². The first-order chi connectivity index (χ1) is 6.79. The summed E-state index contributed by atoms with van der Waals surface area (Å²) < 4.78 is 0. The molecule has 4 nitrogen and oxygen atoms in total. The molecule has 0 aromatic heterocycles. The maximum absolute atomic E-state index is 10.4. The monoisotopic (exact) mass is 192 g/mol. The molecule has 0 unspecified atom stereocenters. The van der Waals surface area contributed by atoms with Crippen molar-refractivity contribution < 1.29 is 9.59 Å². The van der Waals surface area contributed by atoms with Crippen LogP contribution in [0.15, 0.2) is 9.98 Å². The maximum atomic E-state index is 10.4. The second-order valence-electron chi connectivity index (χ2n) is 4.21. The summed E-state index contributed by atoms with van der Waals surface area (Å²) in [6, 6.07) is 0. The first-order valence-electron chi connectivity index (χ1n) is 4.97. The van der Waals surface area contributed by atoms with Crippen LogP contribution >= 0.6 is 0 Å². The van der Waals surface area contributed by atoms with Gasteiger partial charge >= 0.3 is 0 Å². The molecule has 2 fully saturated rings. The Morgan fingerprint density at radius 1 is 0.857 bits per heavy atom. The maximum Gasteiger partial charge on any atom is 0.237 e. The SMILES string of the molecule is O=C=NC1(N=C=O)CCCCC12CC2. The van der Waals surface area contributed by atoms with Crippen LogP contribution in [0, 0.1) is 5.41 Å². The van der Waals surface area contributed by atoms with Crippen LogP contribution in [0.5, 0.6) is 0 Å². The van der Waals surface area contributed by atoms with E-state index in [0.29, 0.717) is 6.42 Å². The average molecular weight is 192 g/mol. The third-order valence-electron chi connectivity index (χ3n) is 3.59. The number of aliphatic imine (C=N–C) groups is 2. The van der Waals surface area contributed by atoms with Crippen LogP contribution in [-0.4, -0.2) is 17.8 Å². The van der Waals surface area contributed by atoms with E-state index in [1.54, 1.807) is 12.2 Å². The van der Waals surface area contributed by atoms with Crippen molar-refractivity contribution in [3.8, 4) is 0 Å². The van der Waals surface area contributed by atoms with Gasteiger partial charge in [0.25, 0.3) is 0 Å². The minimum absolute atomic E-state index is 0.0138. The number of hydrogen-bond acceptors (Lipinski definition) is 4. The molecule has 0 aromatic carbocycles. The van der Waals surface area contributed by atoms with Gasteiger partial charge in [0.15, 0.2) is 5.66 Å². The number of hydrogen-bond donors (Lipinski definition) is 0. The molecule has 2 saturated carbocycles. The van der Waals surface area contributed by atoms with E-state index in [1.165, 1.54) is 0 Å². The van der Waals surface area contributed by atoms with Crippen molar-refractivity contribution in [3.05, 3.63) is 0 Å². The van der Waals surface area contributed by atoms with Crippen molar-refractivity contribution in [1.82, 2.24) is 0 Å². The fraction of sp³-hybridized carbons (Fsp3) is 0.800. The van der Waals surface area contributed by atoms with E-state index in [2.05, 4.69) is 9.98 Å². The topological polar surface area (TPSA) is 58.9 Å². The van der Waals surface area contributed by atoms with Crippen molar-refractivity contribution in [2.24, 2.45) is 15.4 Å². The van der Waals surface area contributed by atoms with Crippen molar-refractivity contribution >= 4 is 12.2 Å². The molecule has 0 aromatic rings. The largest absolute Gasteiger partial charge is 0.237 e. The highest BCUT2D eigenvalue weighted by Crippen LogP contribution is 2.63. The molecule has 2 rings (SSSR count). The summed E-state index contributed by atoms with van der Waals surface area (Å²) in [7, 11) is 0. The molecular formula is C10H12N2O2. The minimum Gasteiger partial charge on any atom is -0.211 e. The Kier molecular flexibility index (Phi) is 2.10. The third kappa shape index (κ3) is 1.16. The van der Waals surface area contributed by atoms with Crippen molar-refractivity contribution in [1.29, 1.82) is 0 Å². The summed E-state index contributed by atoms with van der Waals surface area (Å²) >= 11 is 0. The van der Waals surface area contributed by atoms with E-state index in [4.69, 9.17) is 0 Å². The second-order valence-corrected chi connectivity index (χ2v) is 4.21. The van der Waals surface area contributed by atoms with Gasteiger partial charge in [-0.25, -0.2) is 9.59 Å². The lowest BCUT2D eigenvalue weighted by atomic mass is 9.76. The van der Waals surface area contributed by atoms with Crippen LogP contribution < -0.4 is 0 Å². The Balaban J connectivity index is 2.40. The Morgan fingerprint density at radius 2 is 1.43 bits per heavy atom. The van der Waals surface area contributed by atoms with E-state index in [0.717, 1.165) is 32.1 Å². The quantitative estimate of drug-likeness (QED) is 0.494. The molecule has 4 heteroatoms.